The number of hydrogen-bond acceptors (Lipinski definition) is 6. The fourth-order valence-corrected chi connectivity index (χ4v) is 2.20. The summed E-state index contributed by atoms with van der Waals surface area (Å²) in [5.41, 5.74) is 0.0186. The number of nitrogens with zero attached hydrogens (tertiary/aromatic N) is 1. The fraction of sp³-hybridized carbons (Fsp3) is 0.600. The molecule has 0 unspecified atom stereocenters. The van der Waals surface area contributed by atoms with E-state index in [9.17, 15) is 15.0 Å². The van der Waals surface area contributed by atoms with Crippen molar-refractivity contribution in [1.82, 2.24) is 9.55 Å². The van der Waals surface area contributed by atoms with Crippen molar-refractivity contribution >= 4 is 36.1 Å². The van der Waals surface area contributed by atoms with Crippen molar-refractivity contribution in [2.24, 2.45) is 7.05 Å². The topological polar surface area (TPSA) is 108 Å². The van der Waals surface area contributed by atoms with Crippen molar-refractivity contribution in [3.63, 3.8) is 0 Å². The maximum Gasteiger partial charge on any atom is 0.326 e. The van der Waals surface area contributed by atoms with Crippen LogP contribution < -0.4 is 5.69 Å². The van der Waals surface area contributed by atoms with Gasteiger partial charge in [-0.1, -0.05) is 12.2 Å². The molecule has 0 bridgehead atoms. The number of aliphatic hydroxyl groups excluding tert-OH is 3. The standard InChI is InChI=1S/C10H14N2O5S.Sn/c1-12-2-4(9(18)11-10(12)16)8-7(15)6(14)5(3-13)17-8;/h2,5-8,13-15H,3H2,1H3,(H,11,16,18);/t5-,6-,7-,8+;/m1./s1. The van der Waals surface area contributed by atoms with Crippen molar-refractivity contribution in [1.29, 1.82) is 0 Å². The van der Waals surface area contributed by atoms with Crippen molar-refractivity contribution in [2.75, 3.05) is 6.61 Å². The van der Waals surface area contributed by atoms with Crippen LogP contribution in [0.3, 0.4) is 0 Å². The monoisotopic (exact) mass is 394 g/mol. The molecular weight excluding hydrogens is 379 g/mol. The molecule has 1 aromatic rings. The van der Waals surface area contributed by atoms with E-state index in [1.165, 1.54) is 17.8 Å². The molecule has 2 heterocycles. The molecule has 9 heteroatoms. The fourth-order valence-electron chi connectivity index (χ4n) is 1.94. The van der Waals surface area contributed by atoms with Crippen LogP contribution in [0.4, 0.5) is 0 Å². The van der Waals surface area contributed by atoms with Gasteiger partial charge < -0.3 is 24.6 Å². The van der Waals surface area contributed by atoms with Gasteiger partial charge in [0.1, 0.15) is 29.1 Å². The van der Waals surface area contributed by atoms with Gasteiger partial charge in [0.2, 0.25) is 0 Å². The van der Waals surface area contributed by atoms with Crippen LogP contribution in [0.25, 0.3) is 0 Å². The molecule has 19 heavy (non-hydrogen) atoms. The van der Waals surface area contributed by atoms with Crippen molar-refractivity contribution in [2.45, 2.75) is 24.4 Å². The van der Waals surface area contributed by atoms with Crippen molar-refractivity contribution < 1.29 is 20.1 Å². The normalized spacial score (nSPS) is 30.1. The number of ether oxygens (including phenoxy) is 1. The minimum Gasteiger partial charge on any atom is -0.394 e. The van der Waals surface area contributed by atoms with Crippen LogP contribution in [0.15, 0.2) is 11.0 Å². The molecule has 0 saturated carbocycles. The van der Waals surface area contributed by atoms with Crippen LogP contribution in [-0.2, 0) is 11.8 Å². The van der Waals surface area contributed by atoms with E-state index >= 15 is 0 Å². The molecule has 0 amide bonds. The number of rotatable bonds is 2. The Kier molecular flexibility index (Phi) is 5.71. The summed E-state index contributed by atoms with van der Waals surface area (Å²) in [6, 6.07) is 0. The van der Waals surface area contributed by atoms with E-state index in [4.69, 9.17) is 22.1 Å². The van der Waals surface area contributed by atoms with E-state index in [-0.39, 0.29) is 34.2 Å². The Morgan fingerprint density at radius 3 is 2.63 bits per heavy atom. The molecule has 1 aromatic heterocycles. The number of nitrogens with one attached hydrogen (secondary N) is 1. The second kappa shape index (κ2) is 6.46. The van der Waals surface area contributed by atoms with Crippen LogP contribution in [0.2, 0.25) is 0 Å². The largest absolute Gasteiger partial charge is 0.394 e. The minimum atomic E-state index is -1.20. The van der Waals surface area contributed by atoms with E-state index in [2.05, 4.69) is 4.98 Å². The summed E-state index contributed by atoms with van der Waals surface area (Å²) >= 11 is 5.00. The molecule has 4 atom stereocenters. The smallest absolute Gasteiger partial charge is 0.326 e. The SMILES string of the molecule is Cn1cc([C@@H]2O[C@H](CO)[C@@H](O)[C@H]2O)c(=S)[nH]c1=O.[Sn]. The summed E-state index contributed by atoms with van der Waals surface area (Å²) < 4.78 is 6.75. The maximum absolute atomic E-state index is 11.3. The summed E-state index contributed by atoms with van der Waals surface area (Å²) in [6.07, 6.45) is -2.67. The van der Waals surface area contributed by atoms with E-state index in [0.29, 0.717) is 5.56 Å². The van der Waals surface area contributed by atoms with Gasteiger partial charge >= 0.3 is 5.69 Å². The van der Waals surface area contributed by atoms with Crippen LogP contribution in [0.5, 0.6) is 0 Å². The second-order valence-electron chi connectivity index (χ2n) is 4.21. The number of aromatic nitrogens is 2. The Bertz CT molecular complexity index is 560. The van der Waals surface area contributed by atoms with Crippen LogP contribution in [0, 0.1) is 4.64 Å². The number of aryl methyl sites for hydroxylation is 1. The van der Waals surface area contributed by atoms with Gasteiger partial charge in [0.25, 0.3) is 0 Å². The average Bonchev–Trinajstić information content (AvgIpc) is 2.61. The predicted octanol–water partition coefficient (Wildman–Crippen LogP) is -1.78. The van der Waals surface area contributed by atoms with E-state index < -0.39 is 31.0 Å². The summed E-state index contributed by atoms with van der Waals surface area (Å²) in [7, 11) is 1.53. The number of aliphatic hydroxyl groups is 3. The molecule has 1 fully saturated rings. The van der Waals surface area contributed by atoms with Crippen molar-refractivity contribution in [3.05, 3.63) is 26.9 Å². The molecule has 7 nitrogen and oxygen atoms in total. The zero-order valence-corrected chi connectivity index (χ0v) is 13.8. The van der Waals surface area contributed by atoms with Crippen LogP contribution in [0.1, 0.15) is 11.7 Å². The molecule has 4 radical (unpaired) electrons. The molecule has 0 spiro atoms. The van der Waals surface area contributed by atoms with Gasteiger partial charge in [-0.15, -0.1) is 0 Å². The zero-order valence-electron chi connectivity index (χ0n) is 10.1. The Morgan fingerprint density at radius 2 is 2.11 bits per heavy atom. The van der Waals surface area contributed by atoms with Gasteiger partial charge in [-0.2, -0.15) is 0 Å². The van der Waals surface area contributed by atoms with Gasteiger partial charge in [-0.25, -0.2) is 4.79 Å². The number of aromatic amines is 1. The summed E-state index contributed by atoms with van der Waals surface area (Å²) in [6.45, 7) is -0.406. The van der Waals surface area contributed by atoms with Gasteiger partial charge in [-0.3, -0.25) is 4.98 Å². The summed E-state index contributed by atoms with van der Waals surface area (Å²) in [5.74, 6) is 0. The van der Waals surface area contributed by atoms with Crippen LogP contribution in [-0.4, -0.2) is 73.7 Å². The first-order valence-corrected chi connectivity index (χ1v) is 5.79. The Balaban J connectivity index is 0.00000180. The Labute approximate surface area is 130 Å². The molecule has 0 aromatic carbocycles. The second-order valence-corrected chi connectivity index (χ2v) is 4.62. The molecule has 1 aliphatic heterocycles. The van der Waals surface area contributed by atoms with Crippen molar-refractivity contribution in [3.8, 4) is 0 Å². The van der Waals surface area contributed by atoms with Gasteiger partial charge in [0.05, 0.1) is 6.61 Å². The molecule has 2 rings (SSSR count). The third-order valence-electron chi connectivity index (χ3n) is 2.98. The van der Waals surface area contributed by atoms with Crippen LogP contribution >= 0.6 is 12.2 Å². The first kappa shape index (κ1) is 16.8. The predicted molar refractivity (Wildman–Crippen MR) is 69.3 cm³/mol. The molecule has 104 valence electrons. The third kappa shape index (κ3) is 3.09. The Hall–Kier alpha value is -0.261. The maximum atomic E-state index is 11.3. The molecule has 0 aliphatic carbocycles. The zero-order chi connectivity index (χ0) is 13.4. The van der Waals surface area contributed by atoms with E-state index in [1.54, 1.807) is 0 Å². The molecular formula is C10H14N2O5SSn. The van der Waals surface area contributed by atoms with Gasteiger partial charge in [0.15, 0.2) is 0 Å². The minimum absolute atomic E-state index is 0. The molecule has 1 aliphatic rings. The summed E-state index contributed by atoms with van der Waals surface area (Å²) in [4.78, 5) is 13.8. The first-order chi connectivity index (χ1) is 8.45. The first-order valence-electron chi connectivity index (χ1n) is 5.38. The van der Waals surface area contributed by atoms with E-state index in [1.807, 2.05) is 0 Å². The third-order valence-corrected chi connectivity index (χ3v) is 3.32. The number of H-pyrrole nitrogens is 1. The quantitative estimate of drug-likeness (QED) is 0.350. The van der Waals surface area contributed by atoms with Gasteiger partial charge in [-0.05, 0) is 0 Å². The molecule has 1 saturated heterocycles. The van der Waals surface area contributed by atoms with E-state index in [0.717, 1.165) is 0 Å². The molecule has 4 N–H and O–H groups in total. The van der Waals surface area contributed by atoms with Gasteiger partial charge in [0, 0.05) is 42.7 Å². The summed E-state index contributed by atoms with van der Waals surface area (Å²) in [5, 5.41) is 28.5. The Morgan fingerprint density at radius 1 is 1.47 bits per heavy atom. The average molecular weight is 393 g/mol. The number of hydrogen-bond donors (Lipinski definition) is 4.